The van der Waals surface area contributed by atoms with Crippen LogP contribution in [-0.2, 0) is 13.0 Å². The van der Waals surface area contributed by atoms with Crippen LogP contribution < -0.4 is 14.4 Å². The van der Waals surface area contributed by atoms with Gasteiger partial charge in [-0.25, -0.2) is 0 Å². The van der Waals surface area contributed by atoms with Crippen LogP contribution in [0.3, 0.4) is 0 Å². The number of benzene rings is 1. The van der Waals surface area contributed by atoms with Crippen molar-refractivity contribution in [2.45, 2.75) is 51.6 Å². The fourth-order valence-electron chi connectivity index (χ4n) is 4.01. The Kier molecular flexibility index (Phi) is 4.39. The van der Waals surface area contributed by atoms with E-state index in [1.54, 1.807) is 19.1 Å². The summed E-state index contributed by atoms with van der Waals surface area (Å²) in [4.78, 5) is 1.78. The minimum atomic E-state index is 0.863. The number of fused-ring (bicyclic) bond motifs is 1. The highest BCUT2D eigenvalue weighted by molar-refractivity contribution is 5.47. The fraction of sp³-hybridized carbons (Fsp3) is 0.667. The molecule has 1 unspecified atom stereocenters. The SMILES string of the molecule is COc1cc2c(cc1OC)C[NH+](C1CCC(C)CC1)CC2. The molecule has 0 spiro atoms. The van der Waals surface area contributed by atoms with Gasteiger partial charge in [0.2, 0.25) is 0 Å². The van der Waals surface area contributed by atoms with Crippen molar-refractivity contribution in [3.8, 4) is 11.5 Å². The molecule has 1 aromatic rings. The second kappa shape index (κ2) is 6.27. The maximum atomic E-state index is 5.46. The van der Waals surface area contributed by atoms with E-state index in [2.05, 4.69) is 19.1 Å². The van der Waals surface area contributed by atoms with E-state index in [9.17, 15) is 0 Å². The number of rotatable bonds is 3. The third-order valence-corrected chi connectivity index (χ3v) is 5.43. The lowest BCUT2D eigenvalue weighted by Gasteiger charge is -2.36. The Hall–Kier alpha value is -1.22. The molecule has 0 amide bonds. The second-order valence-corrected chi connectivity index (χ2v) is 6.77. The lowest BCUT2D eigenvalue weighted by molar-refractivity contribution is -0.942. The zero-order valence-corrected chi connectivity index (χ0v) is 13.6. The van der Waals surface area contributed by atoms with Gasteiger partial charge in [-0.05, 0) is 49.3 Å². The molecular formula is C18H28NO2+. The largest absolute Gasteiger partial charge is 0.493 e. The van der Waals surface area contributed by atoms with Gasteiger partial charge in [-0.2, -0.15) is 0 Å². The van der Waals surface area contributed by atoms with Crippen molar-refractivity contribution in [2.24, 2.45) is 5.92 Å². The normalized spacial score (nSPS) is 28.8. The van der Waals surface area contributed by atoms with Gasteiger partial charge in [0.25, 0.3) is 0 Å². The molecule has 0 radical (unpaired) electrons. The Morgan fingerprint density at radius 1 is 0.952 bits per heavy atom. The van der Waals surface area contributed by atoms with E-state index in [0.717, 1.165) is 36.4 Å². The number of ether oxygens (including phenoxy) is 2. The molecule has 3 rings (SSSR count). The number of hydrogen-bond donors (Lipinski definition) is 1. The molecule has 0 bridgehead atoms. The highest BCUT2D eigenvalue weighted by atomic mass is 16.5. The van der Waals surface area contributed by atoms with E-state index in [4.69, 9.17) is 9.47 Å². The first kappa shape index (κ1) is 14.7. The Balaban J connectivity index is 1.75. The zero-order valence-electron chi connectivity index (χ0n) is 13.6. The molecule has 0 saturated heterocycles. The molecule has 1 N–H and O–H groups in total. The van der Waals surface area contributed by atoms with Crippen LogP contribution in [0.5, 0.6) is 11.5 Å². The molecule has 116 valence electrons. The smallest absolute Gasteiger partial charge is 0.161 e. The van der Waals surface area contributed by atoms with Crippen LogP contribution in [0.2, 0.25) is 0 Å². The molecule has 1 atom stereocenters. The third kappa shape index (κ3) is 3.03. The van der Waals surface area contributed by atoms with Gasteiger partial charge in [0, 0.05) is 12.0 Å². The molecule has 0 aromatic heterocycles. The molecule has 1 fully saturated rings. The van der Waals surface area contributed by atoms with Crippen LogP contribution >= 0.6 is 0 Å². The van der Waals surface area contributed by atoms with Crippen LogP contribution in [0.15, 0.2) is 12.1 Å². The van der Waals surface area contributed by atoms with Crippen molar-refractivity contribution in [3.63, 3.8) is 0 Å². The van der Waals surface area contributed by atoms with Gasteiger partial charge in [-0.1, -0.05) is 6.92 Å². The van der Waals surface area contributed by atoms with Crippen LogP contribution in [0.4, 0.5) is 0 Å². The first-order valence-electron chi connectivity index (χ1n) is 8.29. The fourth-order valence-corrected chi connectivity index (χ4v) is 4.01. The van der Waals surface area contributed by atoms with Gasteiger partial charge in [0.05, 0.1) is 26.8 Å². The zero-order chi connectivity index (χ0) is 14.8. The Morgan fingerprint density at radius 3 is 2.19 bits per heavy atom. The summed E-state index contributed by atoms with van der Waals surface area (Å²) in [6.07, 6.45) is 6.79. The quantitative estimate of drug-likeness (QED) is 0.922. The van der Waals surface area contributed by atoms with E-state index in [-0.39, 0.29) is 0 Å². The molecule has 1 aromatic carbocycles. The average Bonchev–Trinajstić information content (AvgIpc) is 2.53. The van der Waals surface area contributed by atoms with Crippen molar-refractivity contribution in [1.29, 1.82) is 0 Å². The summed E-state index contributed by atoms with van der Waals surface area (Å²) < 4.78 is 10.9. The number of methoxy groups -OCH3 is 2. The maximum Gasteiger partial charge on any atom is 0.161 e. The maximum absolute atomic E-state index is 5.46. The highest BCUT2D eigenvalue weighted by Crippen LogP contribution is 2.31. The number of quaternary nitrogens is 1. The van der Waals surface area contributed by atoms with Crippen LogP contribution in [0, 0.1) is 5.92 Å². The Labute approximate surface area is 128 Å². The van der Waals surface area contributed by atoms with Gasteiger partial charge in [-0.15, -0.1) is 0 Å². The van der Waals surface area contributed by atoms with Crippen molar-refractivity contribution in [2.75, 3.05) is 20.8 Å². The first-order chi connectivity index (χ1) is 10.2. The molecule has 1 saturated carbocycles. The topological polar surface area (TPSA) is 22.9 Å². The van der Waals surface area contributed by atoms with Crippen molar-refractivity contribution >= 4 is 0 Å². The molecule has 1 aliphatic carbocycles. The molecule has 1 heterocycles. The van der Waals surface area contributed by atoms with E-state index in [0.29, 0.717) is 0 Å². The number of nitrogens with one attached hydrogen (secondary N) is 1. The summed E-state index contributed by atoms with van der Waals surface area (Å²) in [5.41, 5.74) is 2.90. The molecule has 3 nitrogen and oxygen atoms in total. The van der Waals surface area contributed by atoms with Gasteiger partial charge in [0.15, 0.2) is 11.5 Å². The molecule has 1 aliphatic heterocycles. The van der Waals surface area contributed by atoms with Crippen molar-refractivity contribution in [1.82, 2.24) is 0 Å². The second-order valence-electron chi connectivity index (χ2n) is 6.77. The summed E-state index contributed by atoms with van der Waals surface area (Å²) in [6.45, 7) is 4.81. The lowest BCUT2D eigenvalue weighted by atomic mass is 9.85. The van der Waals surface area contributed by atoms with Gasteiger partial charge < -0.3 is 14.4 Å². The Morgan fingerprint density at radius 2 is 1.57 bits per heavy atom. The molecule has 3 heteroatoms. The van der Waals surface area contributed by atoms with E-state index < -0.39 is 0 Å². The molecule has 2 aliphatic rings. The lowest BCUT2D eigenvalue weighted by Crippen LogP contribution is -3.15. The predicted molar refractivity (Wildman–Crippen MR) is 84.2 cm³/mol. The average molecular weight is 290 g/mol. The van der Waals surface area contributed by atoms with Crippen molar-refractivity contribution < 1.29 is 14.4 Å². The van der Waals surface area contributed by atoms with Crippen LogP contribution in [-0.4, -0.2) is 26.8 Å². The Bertz CT molecular complexity index is 492. The van der Waals surface area contributed by atoms with E-state index >= 15 is 0 Å². The summed E-state index contributed by atoms with van der Waals surface area (Å²) in [5.74, 6) is 2.67. The van der Waals surface area contributed by atoms with Gasteiger partial charge in [0.1, 0.15) is 6.54 Å². The third-order valence-electron chi connectivity index (χ3n) is 5.43. The van der Waals surface area contributed by atoms with E-state index in [1.165, 1.54) is 43.4 Å². The summed E-state index contributed by atoms with van der Waals surface area (Å²) >= 11 is 0. The summed E-state index contributed by atoms with van der Waals surface area (Å²) in [6, 6.07) is 5.23. The molecular weight excluding hydrogens is 262 g/mol. The molecule has 21 heavy (non-hydrogen) atoms. The standard InChI is InChI=1S/C18H27NO2/c1-13-4-6-16(7-5-13)19-9-8-14-10-17(20-2)18(21-3)11-15(14)12-19/h10-11,13,16H,4-9,12H2,1-3H3/p+1. The van der Waals surface area contributed by atoms with Gasteiger partial charge >= 0.3 is 0 Å². The monoisotopic (exact) mass is 290 g/mol. The highest BCUT2D eigenvalue weighted by Gasteiger charge is 2.30. The predicted octanol–water partition coefficient (Wildman–Crippen LogP) is 2.22. The van der Waals surface area contributed by atoms with E-state index in [1.807, 2.05) is 0 Å². The minimum Gasteiger partial charge on any atom is -0.493 e. The number of hydrogen-bond acceptors (Lipinski definition) is 2. The van der Waals surface area contributed by atoms with Gasteiger partial charge in [-0.3, -0.25) is 0 Å². The van der Waals surface area contributed by atoms with Crippen LogP contribution in [0.25, 0.3) is 0 Å². The van der Waals surface area contributed by atoms with Crippen molar-refractivity contribution in [3.05, 3.63) is 23.3 Å². The summed E-state index contributed by atoms with van der Waals surface area (Å²) in [5, 5.41) is 0. The minimum absolute atomic E-state index is 0.863. The van der Waals surface area contributed by atoms with Crippen LogP contribution in [0.1, 0.15) is 43.7 Å². The summed E-state index contributed by atoms with van der Waals surface area (Å²) in [7, 11) is 3.44. The first-order valence-corrected chi connectivity index (χ1v) is 8.29.